The van der Waals surface area contributed by atoms with Gasteiger partial charge in [-0.2, -0.15) is 5.26 Å². The third-order valence-corrected chi connectivity index (χ3v) is 2.68. The summed E-state index contributed by atoms with van der Waals surface area (Å²) in [7, 11) is 0. The summed E-state index contributed by atoms with van der Waals surface area (Å²) in [5.41, 5.74) is 1.02. The zero-order valence-corrected chi connectivity index (χ0v) is 9.84. The molecule has 92 valence electrons. The number of aliphatic hydroxyl groups is 1. The van der Waals surface area contributed by atoms with Crippen LogP contribution in [0, 0.1) is 11.3 Å². The summed E-state index contributed by atoms with van der Waals surface area (Å²) in [5, 5.41) is 21.2. The SMILES string of the molecule is N#Cc1ccc(CN[C@@H](CO)c2ccccc2)o1. The van der Waals surface area contributed by atoms with Crippen LogP contribution >= 0.6 is 0 Å². The van der Waals surface area contributed by atoms with E-state index in [2.05, 4.69) is 5.32 Å². The van der Waals surface area contributed by atoms with E-state index in [1.54, 1.807) is 12.1 Å². The molecule has 4 nitrogen and oxygen atoms in total. The molecule has 0 aliphatic rings. The van der Waals surface area contributed by atoms with Crippen molar-refractivity contribution in [2.75, 3.05) is 6.61 Å². The van der Waals surface area contributed by atoms with E-state index in [0.29, 0.717) is 18.1 Å². The fraction of sp³-hybridized carbons (Fsp3) is 0.214. The lowest BCUT2D eigenvalue weighted by molar-refractivity contribution is 0.241. The molecule has 0 unspecified atom stereocenters. The molecule has 2 rings (SSSR count). The monoisotopic (exact) mass is 242 g/mol. The summed E-state index contributed by atoms with van der Waals surface area (Å²) in [6, 6.07) is 14.9. The van der Waals surface area contributed by atoms with Crippen molar-refractivity contribution in [3.05, 3.63) is 59.5 Å². The fourth-order valence-corrected chi connectivity index (χ4v) is 1.73. The Bertz CT molecular complexity index is 528. The molecule has 1 aromatic carbocycles. The normalized spacial score (nSPS) is 12.0. The van der Waals surface area contributed by atoms with Crippen molar-refractivity contribution >= 4 is 0 Å². The Morgan fingerprint density at radius 2 is 2.00 bits per heavy atom. The summed E-state index contributed by atoms with van der Waals surface area (Å²) >= 11 is 0. The highest BCUT2D eigenvalue weighted by Gasteiger charge is 2.10. The lowest BCUT2D eigenvalue weighted by atomic mass is 10.1. The number of nitriles is 1. The quantitative estimate of drug-likeness (QED) is 0.841. The smallest absolute Gasteiger partial charge is 0.203 e. The topological polar surface area (TPSA) is 69.2 Å². The minimum atomic E-state index is -0.137. The number of rotatable bonds is 5. The second-order valence-corrected chi connectivity index (χ2v) is 3.90. The van der Waals surface area contributed by atoms with Gasteiger partial charge in [0, 0.05) is 0 Å². The number of nitrogens with zero attached hydrogens (tertiary/aromatic N) is 1. The lowest BCUT2D eigenvalue weighted by Gasteiger charge is -2.15. The van der Waals surface area contributed by atoms with Crippen LogP contribution in [0.2, 0.25) is 0 Å². The van der Waals surface area contributed by atoms with Crippen molar-refractivity contribution in [2.45, 2.75) is 12.6 Å². The zero-order valence-electron chi connectivity index (χ0n) is 9.84. The Kier molecular flexibility index (Phi) is 4.13. The molecule has 0 saturated heterocycles. The minimum Gasteiger partial charge on any atom is -0.449 e. The Labute approximate surface area is 105 Å². The van der Waals surface area contributed by atoms with E-state index in [1.807, 2.05) is 36.4 Å². The first-order chi connectivity index (χ1) is 8.83. The molecule has 0 saturated carbocycles. The average molecular weight is 242 g/mol. The number of benzene rings is 1. The molecular weight excluding hydrogens is 228 g/mol. The average Bonchev–Trinajstić information content (AvgIpc) is 2.89. The lowest BCUT2D eigenvalue weighted by Crippen LogP contribution is -2.23. The van der Waals surface area contributed by atoms with Crippen molar-refractivity contribution in [3.8, 4) is 6.07 Å². The van der Waals surface area contributed by atoms with Crippen LogP contribution in [0.4, 0.5) is 0 Å². The number of furan rings is 1. The van der Waals surface area contributed by atoms with Gasteiger partial charge in [0.2, 0.25) is 5.76 Å². The Morgan fingerprint density at radius 1 is 1.22 bits per heavy atom. The van der Waals surface area contributed by atoms with Gasteiger partial charge in [-0.3, -0.25) is 0 Å². The van der Waals surface area contributed by atoms with Gasteiger partial charge >= 0.3 is 0 Å². The summed E-state index contributed by atoms with van der Waals surface area (Å²) in [6.45, 7) is 0.484. The molecule has 0 amide bonds. The maximum Gasteiger partial charge on any atom is 0.203 e. The molecule has 18 heavy (non-hydrogen) atoms. The largest absolute Gasteiger partial charge is 0.449 e. The van der Waals surface area contributed by atoms with Crippen LogP contribution in [-0.2, 0) is 6.54 Å². The first-order valence-corrected chi connectivity index (χ1v) is 5.71. The van der Waals surface area contributed by atoms with Gasteiger partial charge in [-0.1, -0.05) is 30.3 Å². The number of aliphatic hydroxyl groups excluding tert-OH is 1. The molecular formula is C14H14N2O2. The van der Waals surface area contributed by atoms with E-state index in [4.69, 9.17) is 9.68 Å². The van der Waals surface area contributed by atoms with Crippen LogP contribution in [0.5, 0.6) is 0 Å². The van der Waals surface area contributed by atoms with Gasteiger partial charge in [0.05, 0.1) is 19.2 Å². The van der Waals surface area contributed by atoms with Crippen LogP contribution in [0.3, 0.4) is 0 Å². The van der Waals surface area contributed by atoms with E-state index in [-0.39, 0.29) is 12.6 Å². The fourth-order valence-electron chi connectivity index (χ4n) is 1.73. The number of nitrogens with one attached hydrogen (secondary N) is 1. The maximum absolute atomic E-state index is 9.36. The van der Waals surface area contributed by atoms with Crippen LogP contribution in [0.15, 0.2) is 46.9 Å². The number of hydrogen-bond acceptors (Lipinski definition) is 4. The van der Waals surface area contributed by atoms with Crippen molar-refractivity contribution in [1.29, 1.82) is 5.26 Å². The third kappa shape index (κ3) is 2.98. The van der Waals surface area contributed by atoms with Crippen LogP contribution in [0.1, 0.15) is 23.1 Å². The molecule has 0 fully saturated rings. The van der Waals surface area contributed by atoms with Crippen LogP contribution in [-0.4, -0.2) is 11.7 Å². The molecule has 4 heteroatoms. The Hall–Kier alpha value is -2.09. The summed E-state index contributed by atoms with van der Waals surface area (Å²) in [6.07, 6.45) is 0. The minimum absolute atomic E-state index is 0.00975. The molecule has 0 bridgehead atoms. The van der Waals surface area contributed by atoms with Crippen LogP contribution < -0.4 is 5.32 Å². The number of hydrogen-bond donors (Lipinski definition) is 2. The van der Waals surface area contributed by atoms with E-state index in [0.717, 1.165) is 5.56 Å². The van der Waals surface area contributed by atoms with Gasteiger partial charge in [0.1, 0.15) is 11.8 Å². The molecule has 0 aliphatic heterocycles. The van der Waals surface area contributed by atoms with E-state index >= 15 is 0 Å². The van der Waals surface area contributed by atoms with E-state index < -0.39 is 0 Å². The van der Waals surface area contributed by atoms with Crippen molar-refractivity contribution in [2.24, 2.45) is 0 Å². The molecule has 2 N–H and O–H groups in total. The summed E-state index contributed by atoms with van der Waals surface area (Å²) in [4.78, 5) is 0. The van der Waals surface area contributed by atoms with Gasteiger partial charge in [0.25, 0.3) is 0 Å². The highest BCUT2D eigenvalue weighted by Crippen LogP contribution is 2.13. The molecule has 1 heterocycles. The zero-order chi connectivity index (χ0) is 12.8. The van der Waals surface area contributed by atoms with Crippen molar-refractivity contribution < 1.29 is 9.52 Å². The predicted octanol–water partition coefficient (Wildman–Crippen LogP) is 1.97. The third-order valence-electron chi connectivity index (χ3n) is 2.68. The van der Waals surface area contributed by atoms with Crippen molar-refractivity contribution in [1.82, 2.24) is 5.32 Å². The van der Waals surface area contributed by atoms with Gasteiger partial charge in [0.15, 0.2) is 0 Å². The second-order valence-electron chi connectivity index (χ2n) is 3.90. The van der Waals surface area contributed by atoms with Crippen LogP contribution in [0.25, 0.3) is 0 Å². The second kappa shape index (κ2) is 6.01. The first-order valence-electron chi connectivity index (χ1n) is 5.71. The molecule has 0 spiro atoms. The van der Waals surface area contributed by atoms with Crippen molar-refractivity contribution in [3.63, 3.8) is 0 Å². The van der Waals surface area contributed by atoms with Gasteiger partial charge in [-0.15, -0.1) is 0 Å². The maximum atomic E-state index is 9.36. The Morgan fingerprint density at radius 3 is 2.61 bits per heavy atom. The Balaban J connectivity index is 1.98. The summed E-state index contributed by atoms with van der Waals surface area (Å²) < 4.78 is 5.26. The van der Waals surface area contributed by atoms with Gasteiger partial charge < -0.3 is 14.8 Å². The van der Waals surface area contributed by atoms with Gasteiger partial charge in [-0.25, -0.2) is 0 Å². The standard InChI is InChI=1S/C14H14N2O2/c15-8-12-6-7-13(18-12)9-16-14(10-17)11-4-2-1-3-5-11/h1-7,14,16-17H,9-10H2/t14-/m0/s1. The first kappa shape index (κ1) is 12.4. The molecule has 2 aromatic rings. The summed E-state index contributed by atoms with van der Waals surface area (Å²) in [5.74, 6) is 0.980. The van der Waals surface area contributed by atoms with E-state index in [9.17, 15) is 5.11 Å². The van der Waals surface area contributed by atoms with Gasteiger partial charge in [-0.05, 0) is 17.7 Å². The van der Waals surface area contributed by atoms with E-state index in [1.165, 1.54) is 0 Å². The highest BCUT2D eigenvalue weighted by atomic mass is 16.3. The highest BCUT2D eigenvalue weighted by molar-refractivity contribution is 5.21. The molecule has 1 atom stereocenters. The molecule has 1 aromatic heterocycles. The molecule has 0 aliphatic carbocycles. The molecule has 0 radical (unpaired) electrons. The predicted molar refractivity (Wildman–Crippen MR) is 66.5 cm³/mol.